The van der Waals surface area contributed by atoms with Crippen LogP contribution in [0.25, 0.3) is 0 Å². The van der Waals surface area contributed by atoms with Gasteiger partial charge in [-0.25, -0.2) is 14.8 Å². The van der Waals surface area contributed by atoms with Crippen LogP contribution in [-0.4, -0.2) is 29.1 Å². The van der Waals surface area contributed by atoms with Crippen LogP contribution in [0.3, 0.4) is 0 Å². The van der Waals surface area contributed by atoms with Crippen molar-refractivity contribution in [1.82, 2.24) is 23.9 Å². The van der Waals surface area contributed by atoms with Gasteiger partial charge in [0.1, 0.15) is 17.3 Å². The molecule has 2 aromatic heterocycles. The molecule has 9 heteroatoms. The highest BCUT2D eigenvalue weighted by molar-refractivity contribution is 6.66. The minimum atomic E-state index is -0.323. The number of hydrogen-bond acceptors (Lipinski definition) is 5. The summed E-state index contributed by atoms with van der Waals surface area (Å²) in [5, 5.41) is 4.86. The van der Waals surface area contributed by atoms with Gasteiger partial charge in [-0.1, -0.05) is 55.3 Å². The SMILES string of the molecule is CCCCn1c2c(c(=O)n(CCCn3cnc(Cc4ccccc4)n3)c1=O)CC(Cl)=N2. The molecule has 0 atom stereocenters. The molecule has 0 saturated heterocycles. The van der Waals surface area contributed by atoms with Crippen LogP contribution in [0.4, 0.5) is 5.82 Å². The summed E-state index contributed by atoms with van der Waals surface area (Å²) in [5.41, 5.74) is 1.04. The average Bonchev–Trinajstić information content (AvgIpc) is 3.37. The zero-order chi connectivity index (χ0) is 21.8. The highest BCUT2D eigenvalue weighted by Gasteiger charge is 2.24. The fourth-order valence-electron chi connectivity index (χ4n) is 3.73. The molecule has 0 aliphatic carbocycles. The smallest absolute Gasteiger partial charge is 0.278 e. The molecule has 0 saturated carbocycles. The van der Waals surface area contributed by atoms with Crippen molar-refractivity contribution in [3.63, 3.8) is 0 Å². The monoisotopic (exact) mass is 440 g/mol. The number of fused-ring (bicyclic) bond motifs is 1. The molecule has 1 aliphatic heterocycles. The largest absolute Gasteiger partial charge is 0.332 e. The third-order valence-electron chi connectivity index (χ3n) is 5.33. The van der Waals surface area contributed by atoms with Gasteiger partial charge >= 0.3 is 5.69 Å². The number of halogens is 1. The van der Waals surface area contributed by atoms with E-state index in [1.165, 1.54) is 4.57 Å². The van der Waals surface area contributed by atoms with Crippen LogP contribution >= 0.6 is 11.6 Å². The number of aryl methyl sites for hydroxylation is 1. The first-order valence-corrected chi connectivity index (χ1v) is 11.0. The van der Waals surface area contributed by atoms with Crippen molar-refractivity contribution >= 4 is 22.6 Å². The maximum absolute atomic E-state index is 13.0. The molecule has 0 bridgehead atoms. The number of benzene rings is 1. The van der Waals surface area contributed by atoms with E-state index in [1.54, 1.807) is 15.6 Å². The van der Waals surface area contributed by atoms with E-state index in [9.17, 15) is 9.59 Å². The molecule has 31 heavy (non-hydrogen) atoms. The van der Waals surface area contributed by atoms with E-state index in [-0.39, 0.29) is 17.7 Å². The summed E-state index contributed by atoms with van der Waals surface area (Å²) in [6, 6.07) is 10.0. The van der Waals surface area contributed by atoms with Crippen LogP contribution in [0.2, 0.25) is 0 Å². The van der Waals surface area contributed by atoms with Gasteiger partial charge in [0.15, 0.2) is 5.82 Å². The predicted octanol–water partition coefficient (Wildman–Crippen LogP) is 2.91. The van der Waals surface area contributed by atoms with E-state index >= 15 is 0 Å². The Morgan fingerprint density at radius 3 is 2.58 bits per heavy atom. The standard InChI is InChI=1S/C22H25ClN6O2/c1-2-3-11-28-20-17(14-18(23)25-20)21(30)29(22(28)31)12-7-10-27-15-24-19(26-27)13-16-8-5-4-6-9-16/h4-6,8-9,15H,2-3,7,10-14H2,1H3. The number of unbranched alkanes of at least 4 members (excludes halogenated alkanes) is 1. The van der Waals surface area contributed by atoms with E-state index in [4.69, 9.17) is 11.6 Å². The lowest BCUT2D eigenvalue weighted by Crippen LogP contribution is -2.41. The van der Waals surface area contributed by atoms with Crippen LogP contribution in [0.1, 0.15) is 43.1 Å². The number of aliphatic imine (C=N–C) groups is 1. The van der Waals surface area contributed by atoms with Crippen LogP contribution in [0.15, 0.2) is 51.2 Å². The molecule has 0 spiro atoms. The normalized spacial score (nSPS) is 12.8. The summed E-state index contributed by atoms with van der Waals surface area (Å²) < 4.78 is 4.65. The van der Waals surface area contributed by atoms with E-state index in [0.717, 1.165) is 24.2 Å². The highest BCUT2D eigenvalue weighted by atomic mass is 35.5. The van der Waals surface area contributed by atoms with Crippen molar-refractivity contribution in [2.45, 2.75) is 58.7 Å². The summed E-state index contributed by atoms with van der Waals surface area (Å²) in [4.78, 5) is 34.5. The molecule has 0 radical (unpaired) electrons. The van der Waals surface area contributed by atoms with Crippen molar-refractivity contribution in [1.29, 1.82) is 0 Å². The van der Waals surface area contributed by atoms with E-state index in [2.05, 4.69) is 22.0 Å². The van der Waals surface area contributed by atoms with Crippen LogP contribution in [0.5, 0.6) is 0 Å². The lowest BCUT2D eigenvalue weighted by Gasteiger charge is -2.13. The second kappa shape index (κ2) is 9.43. The fraction of sp³-hybridized carbons (Fsp3) is 0.409. The van der Waals surface area contributed by atoms with E-state index in [1.807, 2.05) is 30.3 Å². The molecule has 0 N–H and O–H groups in total. The summed E-state index contributed by atoms with van der Waals surface area (Å²) in [7, 11) is 0. The first-order valence-electron chi connectivity index (χ1n) is 10.6. The van der Waals surface area contributed by atoms with Crippen molar-refractivity contribution in [3.05, 3.63) is 74.4 Å². The molecule has 1 aliphatic rings. The third-order valence-corrected chi connectivity index (χ3v) is 5.55. The summed E-state index contributed by atoms with van der Waals surface area (Å²) >= 11 is 6.07. The Labute approximate surface area is 184 Å². The molecule has 3 heterocycles. The zero-order valence-corrected chi connectivity index (χ0v) is 18.3. The van der Waals surface area contributed by atoms with Crippen LogP contribution < -0.4 is 11.2 Å². The number of rotatable bonds is 9. The van der Waals surface area contributed by atoms with Gasteiger partial charge in [-0.15, -0.1) is 0 Å². The minimum Gasteiger partial charge on any atom is -0.278 e. The van der Waals surface area contributed by atoms with Gasteiger partial charge in [0.25, 0.3) is 5.56 Å². The van der Waals surface area contributed by atoms with Gasteiger partial charge in [0.2, 0.25) is 0 Å². The van der Waals surface area contributed by atoms with Crippen molar-refractivity contribution in [3.8, 4) is 0 Å². The van der Waals surface area contributed by atoms with Gasteiger partial charge in [0, 0.05) is 32.5 Å². The van der Waals surface area contributed by atoms with Crippen molar-refractivity contribution in [2.24, 2.45) is 4.99 Å². The maximum Gasteiger partial charge on any atom is 0.332 e. The number of nitrogens with zero attached hydrogens (tertiary/aromatic N) is 6. The summed E-state index contributed by atoms with van der Waals surface area (Å²) in [6.07, 6.45) is 5.01. The first-order chi connectivity index (χ1) is 15.1. The second-order valence-corrected chi connectivity index (χ2v) is 8.09. The number of aromatic nitrogens is 5. The Morgan fingerprint density at radius 2 is 1.81 bits per heavy atom. The fourth-order valence-corrected chi connectivity index (χ4v) is 3.95. The molecule has 0 fully saturated rings. The molecule has 4 rings (SSSR count). The molecule has 0 unspecified atom stereocenters. The van der Waals surface area contributed by atoms with Gasteiger partial charge in [0.05, 0.1) is 5.56 Å². The van der Waals surface area contributed by atoms with Crippen molar-refractivity contribution in [2.75, 3.05) is 0 Å². The third kappa shape index (κ3) is 4.69. The average molecular weight is 441 g/mol. The molecule has 8 nitrogen and oxygen atoms in total. The van der Waals surface area contributed by atoms with Gasteiger partial charge in [-0.3, -0.25) is 18.6 Å². The summed E-state index contributed by atoms with van der Waals surface area (Å²) in [6.45, 7) is 3.46. The van der Waals surface area contributed by atoms with Crippen LogP contribution in [0, 0.1) is 0 Å². The lowest BCUT2D eigenvalue weighted by molar-refractivity contribution is 0.480. The Kier molecular flexibility index (Phi) is 6.46. The Balaban J connectivity index is 1.46. The Hall–Kier alpha value is -3.00. The quantitative estimate of drug-likeness (QED) is 0.512. The lowest BCUT2D eigenvalue weighted by atomic mass is 10.1. The van der Waals surface area contributed by atoms with E-state index in [0.29, 0.717) is 49.0 Å². The maximum atomic E-state index is 13.0. The summed E-state index contributed by atoms with van der Waals surface area (Å²) in [5.74, 6) is 1.17. The molecule has 162 valence electrons. The topological polar surface area (TPSA) is 87.1 Å². The minimum absolute atomic E-state index is 0.286. The zero-order valence-electron chi connectivity index (χ0n) is 17.5. The van der Waals surface area contributed by atoms with Crippen molar-refractivity contribution < 1.29 is 0 Å². The second-order valence-electron chi connectivity index (χ2n) is 7.65. The molecular weight excluding hydrogens is 416 g/mol. The molecule has 3 aromatic rings. The Bertz CT molecular complexity index is 1210. The molecular formula is C22H25ClN6O2. The van der Waals surface area contributed by atoms with Gasteiger partial charge in [-0.05, 0) is 18.4 Å². The molecule has 1 aromatic carbocycles. The number of hydrogen-bond donors (Lipinski definition) is 0. The molecule has 0 amide bonds. The van der Waals surface area contributed by atoms with Gasteiger partial charge < -0.3 is 0 Å². The van der Waals surface area contributed by atoms with Gasteiger partial charge in [-0.2, -0.15) is 5.10 Å². The predicted molar refractivity (Wildman–Crippen MR) is 120 cm³/mol. The highest BCUT2D eigenvalue weighted by Crippen LogP contribution is 2.24. The Morgan fingerprint density at radius 1 is 1.03 bits per heavy atom. The van der Waals surface area contributed by atoms with E-state index < -0.39 is 0 Å². The first kappa shape index (κ1) is 21.2. The van der Waals surface area contributed by atoms with Crippen LogP contribution in [-0.2, 0) is 32.5 Å².